The Balaban J connectivity index is 1.10. The second-order valence-corrected chi connectivity index (χ2v) is 14.9. The Morgan fingerprint density at radius 2 is 1.57 bits per heavy atom. The number of hydrogen-bond acceptors (Lipinski definition) is 7. The number of rotatable bonds is 7. The number of nitrogens with one attached hydrogen (secondary N) is 2. The summed E-state index contributed by atoms with van der Waals surface area (Å²) in [6.45, 7) is 3.12. The molecule has 2 aromatic carbocycles. The molecule has 0 aliphatic carbocycles. The van der Waals surface area contributed by atoms with Gasteiger partial charge in [-0.3, -0.25) is 9.69 Å². The second kappa shape index (κ2) is 15.5. The van der Waals surface area contributed by atoms with Crippen LogP contribution in [0.15, 0.2) is 45.3 Å². The van der Waals surface area contributed by atoms with E-state index < -0.39 is 18.4 Å². The maximum atomic E-state index is 14.1. The molecule has 0 bridgehead atoms. The number of carboxylic acid groups (broad SMARTS) is 1. The Kier molecular flexibility index (Phi) is 11.2. The summed E-state index contributed by atoms with van der Waals surface area (Å²) in [4.78, 5) is 59.4. The Morgan fingerprint density at radius 1 is 0.918 bits per heavy atom. The van der Waals surface area contributed by atoms with Gasteiger partial charge in [0.1, 0.15) is 11.8 Å². The molecule has 4 aliphatic heterocycles. The number of amides is 5. The maximum Gasteiger partial charge on any atom is 0.507 e. The van der Waals surface area contributed by atoms with Crippen molar-refractivity contribution in [3.05, 3.63) is 56.5 Å². The number of ether oxygens (including phenoxy) is 1. The maximum absolute atomic E-state index is 14.1. The summed E-state index contributed by atoms with van der Waals surface area (Å²) in [5.41, 5.74) is 2.64. The number of fused-ring (bicyclic) bond motifs is 1. The number of carbonyl (C=O) groups is 4. The van der Waals surface area contributed by atoms with Crippen LogP contribution in [0.1, 0.15) is 56.1 Å². The molecular formula is C34H42Br2N6O7. The lowest BCUT2D eigenvalue weighted by atomic mass is 9.97. The minimum absolute atomic E-state index is 0.0109. The molecule has 5 amide bonds. The normalized spacial score (nSPS) is 21.5. The summed E-state index contributed by atoms with van der Waals surface area (Å²) in [7, 11) is 0. The van der Waals surface area contributed by atoms with E-state index in [2.05, 4.69) is 47.4 Å². The number of anilines is 1. The van der Waals surface area contributed by atoms with Gasteiger partial charge < -0.3 is 40.3 Å². The third-order valence-electron chi connectivity index (χ3n) is 10.1. The minimum Gasteiger partial charge on any atom is -0.506 e. The fourth-order valence-electron chi connectivity index (χ4n) is 7.53. The first kappa shape index (κ1) is 35.3. The molecule has 3 fully saturated rings. The largest absolute Gasteiger partial charge is 0.507 e. The molecule has 0 aromatic heterocycles. The van der Waals surface area contributed by atoms with Crippen LogP contribution in [0, 0.1) is 0 Å². The molecule has 0 saturated carbocycles. The van der Waals surface area contributed by atoms with E-state index in [1.165, 1.54) is 0 Å². The van der Waals surface area contributed by atoms with E-state index in [1.807, 2.05) is 29.2 Å². The number of halogens is 2. The molecule has 0 spiro atoms. The van der Waals surface area contributed by atoms with Crippen molar-refractivity contribution in [1.82, 2.24) is 24.9 Å². The van der Waals surface area contributed by atoms with Crippen LogP contribution in [0.5, 0.6) is 5.75 Å². The highest BCUT2D eigenvalue weighted by atomic mass is 79.9. The topological polar surface area (TPSA) is 155 Å². The molecule has 2 aromatic rings. The van der Waals surface area contributed by atoms with Crippen LogP contribution in [0.3, 0.4) is 0 Å². The summed E-state index contributed by atoms with van der Waals surface area (Å²) in [6.07, 6.45) is 3.60. The zero-order valence-electron chi connectivity index (χ0n) is 27.2. The monoisotopic (exact) mass is 804 g/mol. The number of phenols is 1. The first-order valence-corrected chi connectivity index (χ1v) is 18.5. The molecule has 4 aliphatic rings. The number of phenolic OH excluding ortho intramolecular Hbond substituents is 1. The van der Waals surface area contributed by atoms with Gasteiger partial charge in [0, 0.05) is 63.5 Å². The highest BCUT2D eigenvalue weighted by Crippen LogP contribution is 2.34. The summed E-state index contributed by atoms with van der Waals surface area (Å²) in [6, 6.07) is 10.0. The van der Waals surface area contributed by atoms with Gasteiger partial charge in [-0.2, -0.15) is 0 Å². The third-order valence-corrected chi connectivity index (χ3v) is 11.3. The Bertz CT molecular complexity index is 1540. The standard InChI is InChI=1S/C34H42Br2N6O7/c35-25-17-21(18-26(36)30(25)43)19-28(31(44)39-13-8-23(9-14-39)41-12-4-3-7-29(41)49-34(47)48)38-32(45)40-15-10-24(11-16-40)42-20-22-5-1-2-6-27(22)37-33(42)46/h1-2,5-6,17-18,23-24,28-29,43H,3-4,7-16,19-20H2,(H,37,46)(H,38,45)(H,47,48)/t28-,29-/m1/s1. The van der Waals surface area contributed by atoms with Crippen molar-refractivity contribution in [3.8, 4) is 5.75 Å². The van der Waals surface area contributed by atoms with E-state index in [1.54, 1.807) is 21.9 Å². The summed E-state index contributed by atoms with van der Waals surface area (Å²) < 4.78 is 6.13. The van der Waals surface area contributed by atoms with Crippen molar-refractivity contribution in [1.29, 1.82) is 0 Å². The van der Waals surface area contributed by atoms with Crippen molar-refractivity contribution >= 4 is 61.7 Å². The zero-order valence-corrected chi connectivity index (χ0v) is 30.3. The van der Waals surface area contributed by atoms with Gasteiger partial charge in [0.25, 0.3) is 0 Å². The van der Waals surface area contributed by atoms with E-state index in [-0.39, 0.29) is 42.2 Å². The van der Waals surface area contributed by atoms with Crippen molar-refractivity contribution in [2.45, 2.75) is 82.3 Å². The number of para-hydroxylation sites is 1. The van der Waals surface area contributed by atoms with Crippen molar-refractivity contribution in [2.75, 3.05) is 38.0 Å². The number of hydrogen-bond donors (Lipinski definition) is 4. The first-order valence-electron chi connectivity index (χ1n) is 16.9. The predicted octanol–water partition coefficient (Wildman–Crippen LogP) is 5.55. The number of aromatic hydroxyl groups is 1. The van der Waals surface area contributed by atoms with Gasteiger partial charge in [-0.05, 0) is 106 Å². The number of nitrogens with zero attached hydrogens (tertiary/aromatic N) is 4. The Hall–Kier alpha value is -3.56. The van der Waals surface area contributed by atoms with Gasteiger partial charge in [-0.25, -0.2) is 14.4 Å². The molecule has 15 heteroatoms. The number of piperidine rings is 3. The number of likely N-dealkylation sites (tertiary alicyclic amines) is 3. The van der Waals surface area contributed by atoms with Crippen LogP contribution in [-0.2, 0) is 22.5 Å². The third kappa shape index (κ3) is 8.26. The molecule has 49 heavy (non-hydrogen) atoms. The van der Waals surface area contributed by atoms with E-state index >= 15 is 0 Å². The molecule has 0 radical (unpaired) electrons. The van der Waals surface area contributed by atoms with Gasteiger partial charge in [0.05, 0.1) is 8.95 Å². The Labute approximate surface area is 302 Å². The van der Waals surface area contributed by atoms with Crippen LogP contribution in [0.25, 0.3) is 0 Å². The molecular weight excluding hydrogens is 764 g/mol. The molecule has 264 valence electrons. The molecule has 13 nitrogen and oxygen atoms in total. The van der Waals surface area contributed by atoms with Crippen molar-refractivity contribution < 1.29 is 34.1 Å². The van der Waals surface area contributed by atoms with E-state index in [0.29, 0.717) is 73.8 Å². The smallest absolute Gasteiger partial charge is 0.506 e. The molecule has 3 saturated heterocycles. The lowest BCUT2D eigenvalue weighted by molar-refractivity contribution is -0.136. The van der Waals surface area contributed by atoms with E-state index in [0.717, 1.165) is 36.2 Å². The minimum atomic E-state index is -1.28. The Morgan fingerprint density at radius 3 is 2.27 bits per heavy atom. The van der Waals surface area contributed by atoms with E-state index in [9.17, 15) is 29.4 Å². The van der Waals surface area contributed by atoms with Crippen molar-refractivity contribution in [2.24, 2.45) is 0 Å². The van der Waals surface area contributed by atoms with Crippen LogP contribution in [-0.4, -0.2) is 111 Å². The van der Waals surface area contributed by atoms with Gasteiger partial charge >= 0.3 is 18.2 Å². The lowest BCUT2D eigenvalue weighted by Crippen LogP contribution is -2.58. The van der Waals surface area contributed by atoms with Gasteiger partial charge in [0.2, 0.25) is 5.91 Å². The average molecular weight is 807 g/mol. The summed E-state index contributed by atoms with van der Waals surface area (Å²) in [5.74, 6) is -0.142. The first-order chi connectivity index (χ1) is 23.6. The van der Waals surface area contributed by atoms with E-state index in [4.69, 9.17) is 4.74 Å². The summed E-state index contributed by atoms with van der Waals surface area (Å²) >= 11 is 6.75. The lowest BCUT2D eigenvalue weighted by Gasteiger charge is -2.44. The fourth-order valence-corrected chi connectivity index (χ4v) is 8.81. The quantitative estimate of drug-likeness (QED) is 0.266. The molecule has 6 rings (SSSR count). The molecule has 2 atom stereocenters. The summed E-state index contributed by atoms with van der Waals surface area (Å²) in [5, 5.41) is 25.5. The molecule has 4 heterocycles. The van der Waals surface area contributed by atoms with Gasteiger partial charge in [-0.15, -0.1) is 0 Å². The van der Waals surface area contributed by atoms with Crippen LogP contribution < -0.4 is 10.6 Å². The molecule has 0 unspecified atom stereocenters. The van der Waals surface area contributed by atoms with Crippen LogP contribution in [0.2, 0.25) is 0 Å². The highest BCUT2D eigenvalue weighted by molar-refractivity contribution is 9.11. The SMILES string of the molecule is O=C(O)O[C@@H]1CCCCN1C1CCN(C(=O)[C@@H](Cc2cc(Br)c(O)c(Br)c2)NC(=O)N2CCC(N3Cc4ccccc4NC3=O)CC2)CC1. The zero-order chi connectivity index (χ0) is 34.7. The highest BCUT2D eigenvalue weighted by Gasteiger charge is 2.37. The van der Waals surface area contributed by atoms with Gasteiger partial charge in [0.15, 0.2) is 6.23 Å². The number of urea groups is 2. The van der Waals surface area contributed by atoms with Crippen molar-refractivity contribution in [3.63, 3.8) is 0 Å². The number of carbonyl (C=O) groups excluding carboxylic acids is 3. The molecule has 4 N–H and O–H groups in total. The average Bonchev–Trinajstić information content (AvgIpc) is 3.10. The van der Waals surface area contributed by atoms with Crippen LogP contribution in [0.4, 0.5) is 20.1 Å². The fraction of sp³-hybridized carbons (Fsp3) is 0.529. The number of benzene rings is 2. The second-order valence-electron chi connectivity index (χ2n) is 13.2. The van der Waals surface area contributed by atoms with Gasteiger partial charge in [-0.1, -0.05) is 18.2 Å². The predicted molar refractivity (Wildman–Crippen MR) is 188 cm³/mol. The van der Waals surface area contributed by atoms with Crippen LogP contribution >= 0.6 is 31.9 Å².